The van der Waals surface area contributed by atoms with E-state index in [1.54, 1.807) is 24.3 Å². The number of phenolic OH excluding ortho intramolecular Hbond substituents is 1. The number of aromatic nitrogens is 1. The standard InChI is InChI=1S/C27H29N5O6/c33-17-29-23-15-20(8-12-24(23)34)26(35)31-32(27(36)37)16-18-5-10-22(11-6-18)38-14-2-4-21-9-7-19-3-1-13-28-25(19)30-21/h5-12,15,17,34H,1-4,13-14,16H2,(H,28,30)(H,29,33)(H,31,35)(H,36,37). The van der Waals surface area contributed by atoms with Crippen LogP contribution in [0.4, 0.5) is 16.3 Å². The number of ether oxygens (including phenoxy) is 1. The first kappa shape index (κ1) is 26.3. The molecule has 0 fully saturated rings. The number of hydrogen-bond acceptors (Lipinski definition) is 7. The summed E-state index contributed by atoms with van der Waals surface area (Å²) in [5.41, 5.74) is 5.33. The number of aromatic hydroxyl groups is 1. The van der Waals surface area contributed by atoms with Crippen molar-refractivity contribution in [3.63, 3.8) is 0 Å². The molecule has 0 spiro atoms. The van der Waals surface area contributed by atoms with E-state index in [1.165, 1.54) is 23.8 Å². The van der Waals surface area contributed by atoms with Crippen LogP contribution in [0.25, 0.3) is 0 Å². The third kappa shape index (κ3) is 6.90. The number of carbonyl (C=O) groups is 3. The molecule has 11 heteroatoms. The lowest BCUT2D eigenvalue weighted by atomic mass is 10.1. The number of amides is 3. The van der Waals surface area contributed by atoms with Crippen LogP contribution in [0.1, 0.15) is 40.0 Å². The molecule has 11 nitrogen and oxygen atoms in total. The molecule has 0 bridgehead atoms. The van der Waals surface area contributed by atoms with E-state index in [1.807, 2.05) is 0 Å². The first-order chi connectivity index (χ1) is 18.4. The van der Waals surface area contributed by atoms with Crippen molar-refractivity contribution in [1.29, 1.82) is 0 Å². The number of hydrazine groups is 1. The van der Waals surface area contributed by atoms with E-state index < -0.39 is 12.0 Å². The van der Waals surface area contributed by atoms with E-state index in [0.717, 1.165) is 48.7 Å². The Labute approximate surface area is 219 Å². The van der Waals surface area contributed by atoms with Crippen LogP contribution in [0.2, 0.25) is 0 Å². The molecule has 3 amide bonds. The topological polar surface area (TPSA) is 153 Å². The molecule has 0 unspecified atom stereocenters. The van der Waals surface area contributed by atoms with Gasteiger partial charge in [0, 0.05) is 17.8 Å². The van der Waals surface area contributed by atoms with Crippen molar-refractivity contribution in [3.05, 3.63) is 77.0 Å². The van der Waals surface area contributed by atoms with Gasteiger partial charge in [-0.1, -0.05) is 18.2 Å². The zero-order chi connectivity index (χ0) is 26.9. The molecule has 5 N–H and O–H groups in total. The Hall–Kier alpha value is -4.80. The number of hydrogen-bond donors (Lipinski definition) is 5. The minimum absolute atomic E-state index is 0.0288. The average Bonchev–Trinajstić information content (AvgIpc) is 2.92. The highest BCUT2D eigenvalue weighted by Gasteiger charge is 2.18. The van der Waals surface area contributed by atoms with Crippen molar-refractivity contribution in [2.24, 2.45) is 0 Å². The van der Waals surface area contributed by atoms with Crippen LogP contribution in [0.5, 0.6) is 11.5 Å². The second-order valence-corrected chi connectivity index (χ2v) is 8.74. The second kappa shape index (κ2) is 12.4. The lowest BCUT2D eigenvalue weighted by molar-refractivity contribution is -0.105. The molecule has 2 aromatic carbocycles. The molecule has 1 aromatic heterocycles. The largest absolute Gasteiger partial charge is 0.506 e. The van der Waals surface area contributed by atoms with Crippen molar-refractivity contribution in [2.45, 2.75) is 32.2 Å². The first-order valence-corrected chi connectivity index (χ1v) is 12.2. The maximum Gasteiger partial charge on any atom is 0.426 e. The molecular formula is C27H29N5O6. The Bertz CT molecular complexity index is 1300. The number of benzene rings is 2. The van der Waals surface area contributed by atoms with Crippen molar-refractivity contribution in [1.82, 2.24) is 15.4 Å². The Balaban J connectivity index is 1.27. The van der Waals surface area contributed by atoms with Crippen molar-refractivity contribution < 1.29 is 29.3 Å². The summed E-state index contributed by atoms with van der Waals surface area (Å²) in [4.78, 5) is 39.6. The molecular weight excluding hydrogens is 490 g/mol. The average molecular weight is 520 g/mol. The number of nitrogens with zero attached hydrogens (tertiary/aromatic N) is 2. The predicted molar refractivity (Wildman–Crippen MR) is 140 cm³/mol. The fourth-order valence-electron chi connectivity index (χ4n) is 4.02. The van der Waals surface area contributed by atoms with Crippen LogP contribution < -0.4 is 20.8 Å². The molecule has 2 heterocycles. The molecule has 0 saturated heterocycles. The van der Waals surface area contributed by atoms with Crippen LogP contribution >= 0.6 is 0 Å². The summed E-state index contributed by atoms with van der Waals surface area (Å²) < 4.78 is 5.82. The number of phenols is 1. The van der Waals surface area contributed by atoms with E-state index >= 15 is 0 Å². The number of fused-ring (bicyclic) bond motifs is 1. The Morgan fingerprint density at radius 3 is 2.71 bits per heavy atom. The Kier molecular flexibility index (Phi) is 8.60. The van der Waals surface area contributed by atoms with E-state index in [4.69, 9.17) is 4.74 Å². The summed E-state index contributed by atoms with van der Waals surface area (Å²) in [5.74, 6) is 0.697. The number of pyridine rings is 1. The molecule has 1 aliphatic rings. The number of aryl methyl sites for hydroxylation is 2. The van der Waals surface area contributed by atoms with Gasteiger partial charge in [-0.15, -0.1) is 0 Å². The highest BCUT2D eigenvalue weighted by molar-refractivity contribution is 5.96. The zero-order valence-electron chi connectivity index (χ0n) is 20.6. The SMILES string of the molecule is O=CNc1cc(C(=O)NN(Cc2ccc(OCCCc3ccc4c(n3)NCCC4)cc2)C(=O)O)ccc1O. The van der Waals surface area contributed by atoms with Gasteiger partial charge in [0.1, 0.15) is 17.3 Å². The molecule has 0 saturated carbocycles. The lowest BCUT2D eigenvalue weighted by Crippen LogP contribution is -2.44. The van der Waals surface area contributed by atoms with Gasteiger partial charge in [-0.25, -0.2) is 14.8 Å². The van der Waals surface area contributed by atoms with Gasteiger partial charge in [-0.3, -0.25) is 15.0 Å². The summed E-state index contributed by atoms with van der Waals surface area (Å²) in [6, 6.07) is 14.9. The fraction of sp³-hybridized carbons (Fsp3) is 0.259. The second-order valence-electron chi connectivity index (χ2n) is 8.74. The predicted octanol–water partition coefficient (Wildman–Crippen LogP) is 3.55. The third-order valence-corrected chi connectivity index (χ3v) is 6.00. The number of anilines is 2. The normalized spacial score (nSPS) is 12.0. The van der Waals surface area contributed by atoms with Crippen molar-refractivity contribution >= 4 is 29.9 Å². The molecule has 1 aliphatic heterocycles. The van der Waals surface area contributed by atoms with Gasteiger partial charge in [0.05, 0.1) is 18.8 Å². The molecule has 4 rings (SSSR count). The van der Waals surface area contributed by atoms with Gasteiger partial charge < -0.3 is 25.6 Å². The molecule has 38 heavy (non-hydrogen) atoms. The number of carboxylic acid groups (broad SMARTS) is 1. The maximum absolute atomic E-state index is 12.5. The van der Waals surface area contributed by atoms with E-state index in [2.05, 4.69) is 33.2 Å². The quantitative estimate of drug-likeness (QED) is 0.118. The van der Waals surface area contributed by atoms with Crippen LogP contribution in [0.3, 0.4) is 0 Å². The van der Waals surface area contributed by atoms with Crippen LogP contribution in [0.15, 0.2) is 54.6 Å². The van der Waals surface area contributed by atoms with E-state index in [9.17, 15) is 24.6 Å². The maximum atomic E-state index is 12.5. The highest BCUT2D eigenvalue weighted by Crippen LogP contribution is 2.24. The Morgan fingerprint density at radius 2 is 1.95 bits per heavy atom. The number of nitrogens with one attached hydrogen (secondary N) is 3. The molecule has 0 aliphatic carbocycles. The van der Waals surface area contributed by atoms with Gasteiger partial charge in [0.25, 0.3) is 5.91 Å². The summed E-state index contributed by atoms with van der Waals surface area (Å²) in [6.45, 7) is 1.37. The van der Waals surface area contributed by atoms with Gasteiger partial charge in [-0.2, -0.15) is 0 Å². The lowest BCUT2D eigenvalue weighted by Gasteiger charge is -2.20. The summed E-state index contributed by atoms with van der Waals surface area (Å²) >= 11 is 0. The number of rotatable bonds is 10. The van der Waals surface area contributed by atoms with Gasteiger partial charge in [0.2, 0.25) is 6.41 Å². The fourth-order valence-corrected chi connectivity index (χ4v) is 4.02. The van der Waals surface area contributed by atoms with Crippen molar-refractivity contribution in [3.8, 4) is 11.5 Å². The van der Waals surface area contributed by atoms with Gasteiger partial charge >= 0.3 is 6.09 Å². The number of carbonyl (C=O) groups excluding carboxylic acids is 2. The first-order valence-electron chi connectivity index (χ1n) is 12.2. The minimum Gasteiger partial charge on any atom is -0.506 e. The zero-order valence-corrected chi connectivity index (χ0v) is 20.6. The monoisotopic (exact) mass is 519 g/mol. The van der Waals surface area contributed by atoms with Gasteiger partial charge in [-0.05, 0) is 73.2 Å². The highest BCUT2D eigenvalue weighted by atomic mass is 16.5. The molecule has 198 valence electrons. The molecule has 0 radical (unpaired) electrons. The van der Waals surface area contributed by atoms with Crippen molar-refractivity contribution in [2.75, 3.05) is 23.8 Å². The summed E-state index contributed by atoms with van der Waals surface area (Å²) in [6.07, 6.45) is 2.80. The van der Waals surface area contributed by atoms with E-state index in [-0.39, 0.29) is 23.5 Å². The van der Waals surface area contributed by atoms with E-state index in [0.29, 0.717) is 24.3 Å². The van der Waals surface area contributed by atoms with Crippen LogP contribution in [0, 0.1) is 0 Å². The Morgan fingerprint density at radius 1 is 1.13 bits per heavy atom. The molecule has 0 atom stereocenters. The van der Waals surface area contributed by atoms with Gasteiger partial charge in [0.15, 0.2) is 0 Å². The summed E-state index contributed by atoms with van der Waals surface area (Å²) in [7, 11) is 0. The van der Waals surface area contributed by atoms with Crippen LogP contribution in [-0.4, -0.2) is 51.8 Å². The smallest absolute Gasteiger partial charge is 0.426 e. The third-order valence-electron chi connectivity index (χ3n) is 6.00. The van der Waals surface area contributed by atoms with Crippen LogP contribution in [-0.2, 0) is 24.2 Å². The summed E-state index contributed by atoms with van der Waals surface area (Å²) in [5, 5.41) is 25.6. The molecule has 3 aromatic rings. The minimum atomic E-state index is -1.35.